The number of hydrogen-bond acceptors (Lipinski definition) is 3. The summed E-state index contributed by atoms with van der Waals surface area (Å²) >= 11 is 0. The second-order valence-electron chi connectivity index (χ2n) is 4.03. The number of aryl methyl sites for hydroxylation is 1. The highest BCUT2D eigenvalue weighted by Crippen LogP contribution is 2.09. The summed E-state index contributed by atoms with van der Waals surface area (Å²) < 4.78 is 1.61. The van der Waals surface area contributed by atoms with Gasteiger partial charge in [-0.3, -0.25) is 9.48 Å². The molecule has 3 N–H and O–H groups in total. The summed E-state index contributed by atoms with van der Waals surface area (Å²) in [5.41, 5.74) is 7.23. The van der Waals surface area contributed by atoms with Crippen LogP contribution in [0, 0.1) is 0 Å². The number of rotatable bonds is 4. The van der Waals surface area contributed by atoms with Crippen LogP contribution in [0.4, 0.5) is 5.82 Å². The summed E-state index contributed by atoms with van der Waals surface area (Å²) in [5, 5.41) is 6.78. The number of benzene rings is 1. The zero-order valence-corrected chi connectivity index (χ0v) is 10.3. The average Bonchev–Trinajstić information content (AvgIpc) is 2.76. The van der Waals surface area contributed by atoms with E-state index >= 15 is 0 Å². The second kappa shape index (κ2) is 5.46. The molecule has 1 heterocycles. The lowest BCUT2D eigenvalue weighted by Gasteiger charge is -2.06. The van der Waals surface area contributed by atoms with Crippen molar-refractivity contribution >= 4 is 11.7 Å². The van der Waals surface area contributed by atoms with Crippen LogP contribution < -0.4 is 11.1 Å². The number of nitrogens with zero attached hydrogens (tertiary/aromatic N) is 2. The van der Waals surface area contributed by atoms with Crippen molar-refractivity contribution in [3.05, 3.63) is 47.7 Å². The van der Waals surface area contributed by atoms with Gasteiger partial charge in [-0.25, -0.2) is 0 Å². The van der Waals surface area contributed by atoms with Crippen LogP contribution in [0.3, 0.4) is 0 Å². The normalized spacial score (nSPS) is 10.3. The molecule has 1 aromatic heterocycles. The minimum atomic E-state index is -0.141. The quantitative estimate of drug-likeness (QED) is 0.848. The Kier molecular flexibility index (Phi) is 3.74. The van der Waals surface area contributed by atoms with E-state index in [1.807, 2.05) is 12.1 Å². The molecule has 0 atom stereocenters. The average molecular weight is 244 g/mol. The minimum absolute atomic E-state index is 0.141. The maximum Gasteiger partial charge on any atom is 0.256 e. The van der Waals surface area contributed by atoms with Crippen molar-refractivity contribution in [1.29, 1.82) is 0 Å². The molecule has 0 aliphatic rings. The molecule has 2 rings (SSSR count). The fourth-order valence-corrected chi connectivity index (χ4v) is 1.67. The molecule has 0 saturated carbocycles. The van der Waals surface area contributed by atoms with Crippen LogP contribution in [0.15, 0.2) is 36.5 Å². The second-order valence-corrected chi connectivity index (χ2v) is 4.03. The van der Waals surface area contributed by atoms with Crippen LogP contribution in [0.1, 0.15) is 15.9 Å². The first-order chi connectivity index (χ1) is 8.70. The van der Waals surface area contributed by atoms with E-state index in [9.17, 15) is 4.79 Å². The van der Waals surface area contributed by atoms with Gasteiger partial charge in [-0.2, -0.15) is 5.10 Å². The van der Waals surface area contributed by atoms with Gasteiger partial charge in [-0.05, 0) is 30.7 Å². The van der Waals surface area contributed by atoms with E-state index in [-0.39, 0.29) is 5.91 Å². The molecule has 5 heteroatoms. The molecule has 0 radical (unpaired) electrons. The Morgan fingerprint density at radius 1 is 1.33 bits per heavy atom. The fourth-order valence-electron chi connectivity index (χ4n) is 1.67. The predicted molar refractivity (Wildman–Crippen MR) is 70.4 cm³/mol. The number of anilines is 1. The number of carbonyl (C=O) groups is 1. The van der Waals surface area contributed by atoms with E-state index in [2.05, 4.69) is 10.4 Å². The third-order valence-corrected chi connectivity index (χ3v) is 2.71. The number of amides is 1. The van der Waals surface area contributed by atoms with Crippen LogP contribution in [0.2, 0.25) is 0 Å². The van der Waals surface area contributed by atoms with Crippen molar-refractivity contribution in [2.75, 3.05) is 11.9 Å². The molecular weight excluding hydrogens is 228 g/mol. The summed E-state index contributed by atoms with van der Waals surface area (Å²) in [6, 6.07) is 9.20. The van der Waals surface area contributed by atoms with E-state index < -0.39 is 0 Å². The van der Waals surface area contributed by atoms with Crippen molar-refractivity contribution in [1.82, 2.24) is 9.78 Å². The van der Waals surface area contributed by atoms with E-state index in [0.29, 0.717) is 17.9 Å². The van der Waals surface area contributed by atoms with E-state index in [4.69, 9.17) is 5.73 Å². The van der Waals surface area contributed by atoms with Gasteiger partial charge in [0.25, 0.3) is 5.91 Å². The minimum Gasteiger partial charge on any atom is -0.330 e. The predicted octanol–water partition coefficient (Wildman–Crippen LogP) is 1.17. The molecule has 0 aliphatic carbocycles. The largest absolute Gasteiger partial charge is 0.330 e. The van der Waals surface area contributed by atoms with Gasteiger partial charge in [0.1, 0.15) is 5.82 Å². The Hall–Kier alpha value is -2.14. The molecular formula is C13H16N4O. The molecule has 0 aliphatic heterocycles. The fraction of sp³-hybridized carbons (Fsp3) is 0.231. The molecule has 0 unspecified atom stereocenters. The van der Waals surface area contributed by atoms with Crippen LogP contribution >= 0.6 is 0 Å². The van der Waals surface area contributed by atoms with Crippen molar-refractivity contribution < 1.29 is 4.79 Å². The summed E-state index contributed by atoms with van der Waals surface area (Å²) in [5.74, 6) is 0.531. The number of aromatic nitrogens is 2. The highest BCUT2D eigenvalue weighted by molar-refractivity contribution is 6.03. The van der Waals surface area contributed by atoms with Gasteiger partial charge >= 0.3 is 0 Å². The zero-order chi connectivity index (χ0) is 13.0. The van der Waals surface area contributed by atoms with Crippen LogP contribution in [0.5, 0.6) is 0 Å². The molecule has 0 bridgehead atoms. The molecule has 2 aromatic rings. The number of nitrogens with two attached hydrogens (primary N) is 1. The molecule has 0 spiro atoms. The molecule has 1 aromatic carbocycles. The third kappa shape index (κ3) is 2.75. The highest BCUT2D eigenvalue weighted by atomic mass is 16.1. The lowest BCUT2D eigenvalue weighted by molar-refractivity contribution is 0.102. The van der Waals surface area contributed by atoms with Crippen LogP contribution in [-0.4, -0.2) is 22.2 Å². The van der Waals surface area contributed by atoms with Crippen molar-refractivity contribution in [2.24, 2.45) is 12.8 Å². The highest BCUT2D eigenvalue weighted by Gasteiger charge is 2.07. The lowest BCUT2D eigenvalue weighted by atomic mass is 10.1. The Labute approximate surface area is 106 Å². The maximum absolute atomic E-state index is 12.0. The van der Waals surface area contributed by atoms with E-state index in [1.54, 1.807) is 36.1 Å². The number of nitrogens with one attached hydrogen (secondary N) is 1. The van der Waals surface area contributed by atoms with Gasteiger partial charge in [-0.15, -0.1) is 0 Å². The summed E-state index contributed by atoms with van der Waals surface area (Å²) in [7, 11) is 1.78. The number of carbonyl (C=O) groups excluding carboxylic acids is 1. The SMILES string of the molecule is Cn1nccc1NC(=O)c1ccc(CCN)cc1. The molecule has 94 valence electrons. The van der Waals surface area contributed by atoms with Crippen molar-refractivity contribution in [3.63, 3.8) is 0 Å². The Morgan fingerprint density at radius 2 is 2.06 bits per heavy atom. The maximum atomic E-state index is 12.0. The molecule has 0 fully saturated rings. The standard InChI is InChI=1S/C13H16N4O/c1-17-12(7-9-15-17)16-13(18)11-4-2-10(3-5-11)6-8-14/h2-5,7,9H,6,8,14H2,1H3,(H,16,18). The smallest absolute Gasteiger partial charge is 0.256 e. The van der Waals surface area contributed by atoms with Crippen LogP contribution in [-0.2, 0) is 13.5 Å². The molecule has 5 nitrogen and oxygen atoms in total. The molecule has 1 amide bonds. The summed E-state index contributed by atoms with van der Waals surface area (Å²) in [6.45, 7) is 0.612. The van der Waals surface area contributed by atoms with Gasteiger partial charge < -0.3 is 11.1 Å². The van der Waals surface area contributed by atoms with Gasteiger partial charge in [0.2, 0.25) is 0 Å². The summed E-state index contributed by atoms with van der Waals surface area (Å²) in [4.78, 5) is 12.0. The first-order valence-electron chi connectivity index (χ1n) is 5.79. The lowest BCUT2D eigenvalue weighted by Crippen LogP contribution is -2.14. The van der Waals surface area contributed by atoms with Crippen LogP contribution in [0.25, 0.3) is 0 Å². The van der Waals surface area contributed by atoms with Crippen molar-refractivity contribution in [2.45, 2.75) is 6.42 Å². The van der Waals surface area contributed by atoms with Gasteiger partial charge in [0.15, 0.2) is 0 Å². The van der Waals surface area contributed by atoms with Gasteiger partial charge in [0.05, 0.1) is 6.20 Å². The molecule has 0 saturated heterocycles. The monoisotopic (exact) mass is 244 g/mol. The Bertz CT molecular complexity index is 530. The first-order valence-corrected chi connectivity index (χ1v) is 5.79. The van der Waals surface area contributed by atoms with E-state index in [1.165, 1.54) is 0 Å². The zero-order valence-electron chi connectivity index (χ0n) is 10.3. The van der Waals surface area contributed by atoms with Crippen molar-refractivity contribution in [3.8, 4) is 0 Å². The number of hydrogen-bond donors (Lipinski definition) is 2. The van der Waals surface area contributed by atoms with Gasteiger partial charge in [-0.1, -0.05) is 12.1 Å². The molecule has 18 heavy (non-hydrogen) atoms. The van der Waals surface area contributed by atoms with Gasteiger partial charge in [0, 0.05) is 18.7 Å². The first kappa shape index (κ1) is 12.3. The topological polar surface area (TPSA) is 72.9 Å². The summed E-state index contributed by atoms with van der Waals surface area (Å²) in [6.07, 6.45) is 2.46. The Balaban J connectivity index is 2.07. The van der Waals surface area contributed by atoms with E-state index in [0.717, 1.165) is 12.0 Å². The third-order valence-electron chi connectivity index (χ3n) is 2.71. The Morgan fingerprint density at radius 3 is 2.61 bits per heavy atom.